The fourth-order valence-electron chi connectivity index (χ4n) is 2.85. The molecular formula is C21H22N2O3. The molecule has 3 aromatic rings. The van der Waals surface area contributed by atoms with Gasteiger partial charge in [0.15, 0.2) is 6.61 Å². The smallest absolute Gasteiger partial charge is 0.306 e. The Hall–Kier alpha value is -3.08. The summed E-state index contributed by atoms with van der Waals surface area (Å²) >= 11 is 0. The van der Waals surface area contributed by atoms with Crippen molar-refractivity contribution >= 4 is 22.8 Å². The third-order valence-corrected chi connectivity index (χ3v) is 4.32. The Balaban J connectivity index is 1.44. The summed E-state index contributed by atoms with van der Waals surface area (Å²) in [4.78, 5) is 28.8. The highest BCUT2D eigenvalue weighted by Crippen LogP contribution is 2.19. The van der Waals surface area contributed by atoms with Gasteiger partial charge in [0, 0.05) is 37.1 Å². The summed E-state index contributed by atoms with van der Waals surface area (Å²) in [7, 11) is 1.70. The number of carbonyl (C=O) groups is 2. The summed E-state index contributed by atoms with van der Waals surface area (Å²) in [6.07, 6.45) is 2.74. The third kappa shape index (κ3) is 4.51. The van der Waals surface area contributed by atoms with Crippen LogP contribution in [0.5, 0.6) is 0 Å². The van der Waals surface area contributed by atoms with Gasteiger partial charge in [0.25, 0.3) is 5.91 Å². The zero-order valence-corrected chi connectivity index (χ0v) is 14.8. The van der Waals surface area contributed by atoms with E-state index in [4.69, 9.17) is 4.74 Å². The van der Waals surface area contributed by atoms with Gasteiger partial charge in [-0.05, 0) is 23.6 Å². The summed E-state index contributed by atoms with van der Waals surface area (Å²) in [5.74, 6) is -0.578. The Morgan fingerprint density at radius 3 is 2.58 bits per heavy atom. The maximum Gasteiger partial charge on any atom is 0.306 e. The van der Waals surface area contributed by atoms with Gasteiger partial charge in [-0.15, -0.1) is 0 Å². The number of hydrogen-bond acceptors (Lipinski definition) is 3. The number of carbonyl (C=O) groups excluding carboxylic acids is 2. The van der Waals surface area contributed by atoms with Gasteiger partial charge in [0.2, 0.25) is 0 Å². The number of aromatic amines is 1. The number of aromatic nitrogens is 1. The number of nitrogens with one attached hydrogen (secondary N) is 1. The van der Waals surface area contributed by atoms with Gasteiger partial charge in [-0.1, -0.05) is 48.5 Å². The summed E-state index contributed by atoms with van der Waals surface area (Å²) in [6.45, 7) is 0.266. The van der Waals surface area contributed by atoms with Crippen molar-refractivity contribution in [3.05, 3.63) is 71.9 Å². The number of nitrogens with zero attached hydrogens (tertiary/aromatic N) is 1. The number of hydrogen-bond donors (Lipinski definition) is 1. The highest BCUT2D eigenvalue weighted by atomic mass is 16.5. The van der Waals surface area contributed by atoms with Crippen LogP contribution in [0.15, 0.2) is 60.8 Å². The van der Waals surface area contributed by atoms with Crippen molar-refractivity contribution in [2.45, 2.75) is 19.4 Å². The molecule has 0 spiro atoms. The molecule has 2 aromatic carbocycles. The number of para-hydroxylation sites is 1. The summed E-state index contributed by atoms with van der Waals surface area (Å²) in [5.41, 5.74) is 3.16. The van der Waals surface area contributed by atoms with Gasteiger partial charge in [-0.25, -0.2) is 0 Å². The zero-order chi connectivity index (χ0) is 18.4. The van der Waals surface area contributed by atoms with E-state index < -0.39 is 0 Å². The van der Waals surface area contributed by atoms with E-state index in [-0.39, 0.29) is 24.9 Å². The molecule has 0 aliphatic heterocycles. The van der Waals surface area contributed by atoms with Crippen LogP contribution in [0.2, 0.25) is 0 Å². The molecule has 0 saturated heterocycles. The molecule has 0 unspecified atom stereocenters. The Labute approximate surface area is 152 Å². The lowest BCUT2D eigenvalue weighted by molar-refractivity contribution is -0.151. The van der Waals surface area contributed by atoms with E-state index >= 15 is 0 Å². The van der Waals surface area contributed by atoms with Crippen LogP contribution in [0, 0.1) is 0 Å². The Kier molecular flexibility index (Phi) is 5.69. The maximum atomic E-state index is 12.1. The second-order valence-corrected chi connectivity index (χ2v) is 6.26. The van der Waals surface area contributed by atoms with E-state index in [2.05, 4.69) is 4.98 Å². The van der Waals surface area contributed by atoms with E-state index in [1.165, 1.54) is 0 Å². The van der Waals surface area contributed by atoms with Crippen molar-refractivity contribution in [3.63, 3.8) is 0 Å². The quantitative estimate of drug-likeness (QED) is 0.665. The topological polar surface area (TPSA) is 62.4 Å². The Morgan fingerprint density at radius 2 is 1.77 bits per heavy atom. The van der Waals surface area contributed by atoms with Crippen LogP contribution in [0.1, 0.15) is 17.5 Å². The highest BCUT2D eigenvalue weighted by molar-refractivity contribution is 5.84. The number of aryl methyl sites for hydroxylation is 1. The molecule has 26 heavy (non-hydrogen) atoms. The summed E-state index contributed by atoms with van der Waals surface area (Å²) in [6, 6.07) is 17.7. The third-order valence-electron chi connectivity index (χ3n) is 4.32. The van der Waals surface area contributed by atoms with E-state index in [1.54, 1.807) is 11.9 Å². The van der Waals surface area contributed by atoms with Gasteiger partial charge in [-0.3, -0.25) is 9.59 Å². The molecule has 5 heteroatoms. The van der Waals surface area contributed by atoms with Crippen LogP contribution < -0.4 is 0 Å². The van der Waals surface area contributed by atoms with Gasteiger partial charge >= 0.3 is 5.97 Å². The number of benzene rings is 2. The van der Waals surface area contributed by atoms with Crippen molar-refractivity contribution in [3.8, 4) is 0 Å². The Morgan fingerprint density at radius 1 is 1.04 bits per heavy atom. The first-order valence-corrected chi connectivity index (χ1v) is 8.62. The van der Waals surface area contributed by atoms with Crippen LogP contribution in [0.4, 0.5) is 0 Å². The van der Waals surface area contributed by atoms with E-state index in [0.717, 1.165) is 22.0 Å². The molecule has 0 fully saturated rings. The van der Waals surface area contributed by atoms with Gasteiger partial charge < -0.3 is 14.6 Å². The van der Waals surface area contributed by atoms with Crippen LogP contribution in [0.25, 0.3) is 10.9 Å². The molecule has 1 N–H and O–H groups in total. The van der Waals surface area contributed by atoms with E-state index in [0.29, 0.717) is 13.0 Å². The second kappa shape index (κ2) is 8.34. The number of fused-ring (bicyclic) bond motifs is 1. The fourth-order valence-corrected chi connectivity index (χ4v) is 2.85. The molecule has 3 rings (SSSR count). The first kappa shape index (κ1) is 17.7. The molecule has 134 valence electrons. The zero-order valence-electron chi connectivity index (χ0n) is 14.8. The standard InChI is InChI=1S/C21H22N2O3/c1-23(14-16-7-3-2-4-8-16)20(24)15-26-21(25)12-11-17-13-22-19-10-6-5-9-18(17)19/h2-10,13,22H,11-12,14-15H2,1H3. The fraction of sp³-hybridized carbons (Fsp3) is 0.238. The molecular weight excluding hydrogens is 328 g/mol. The molecule has 0 bridgehead atoms. The number of amides is 1. The monoisotopic (exact) mass is 350 g/mol. The number of esters is 1. The van der Waals surface area contributed by atoms with E-state index in [1.807, 2.05) is 60.8 Å². The van der Waals surface area contributed by atoms with Gasteiger partial charge in [-0.2, -0.15) is 0 Å². The molecule has 5 nitrogen and oxygen atoms in total. The average Bonchev–Trinajstić information content (AvgIpc) is 3.08. The van der Waals surface area contributed by atoms with Gasteiger partial charge in [0.1, 0.15) is 0 Å². The van der Waals surface area contributed by atoms with Crippen LogP contribution >= 0.6 is 0 Å². The predicted molar refractivity (Wildman–Crippen MR) is 100 cm³/mol. The molecule has 1 amide bonds. The van der Waals surface area contributed by atoms with E-state index in [9.17, 15) is 9.59 Å². The molecule has 0 aliphatic carbocycles. The molecule has 1 aromatic heterocycles. The molecule has 0 radical (unpaired) electrons. The number of rotatable bonds is 7. The van der Waals surface area contributed by atoms with Crippen molar-refractivity contribution in [1.82, 2.24) is 9.88 Å². The van der Waals surface area contributed by atoms with Crippen LogP contribution in [-0.2, 0) is 27.3 Å². The lowest BCUT2D eigenvalue weighted by atomic mass is 10.1. The second-order valence-electron chi connectivity index (χ2n) is 6.26. The molecule has 0 saturated carbocycles. The summed E-state index contributed by atoms with van der Waals surface area (Å²) < 4.78 is 5.13. The minimum atomic E-state index is -0.364. The number of H-pyrrole nitrogens is 1. The Bertz CT molecular complexity index is 886. The van der Waals surface area contributed by atoms with Crippen molar-refractivity contribution < 1.29 is 14.3 Å². The number of likely N-dealkylation sites (N-methyl/N-ethyl adjacent to an activating group) is 1. The molecule has 1 heterocycles. The van der Waals surface area contributed by atoms with Crippen LogP contribution in [0.3, 0.4) is 0 Å². The molecule has 0 aliphatic rings. The average molecular weight is 350 g/mol. The normalized spacial score (nSPS) is 10.7. The SMILES string of the molecule is CN(Cc1ccccc1)C(=O)COC(=O)CCc1c[nH]c2ccccc12. The minimum Gasteiger partial charge on any atom is -0.456 e. The predicted octanol–water partition coefficient (Wildman–Crippen LogP) is 3.30. The first-order chi connectivity index (χ1) is 12.6. The number of ether oxygens (including phenoxy) is 1. The molecule has 0 atom stereocenters. The lowest BCUT2D eigenvalue weighted by Gasteiger charge is -2.17. The largest absolute Gasteiger partial charge is 0.456 e. The van der Waals surface area contributed by atoms with Gasteiger partial charge in [0.05, 0.1) is 0 Å². The van der Waals surface area contributed by atoms with Crippen molar-refractivity contribution in [1.29, 1.82) is 0 Å². The minimum absolute atomic E-state index is 0.214. The maximum absolute atomic E-state index is 12.1. The van der Waals surface area contributed by atoms with Crippen molar-refractivity contribution in [2.24, 2.45) is 0 Å². The highest BCUT2D eigenvalue weighted by Gasteiger charge is 2.13. The van der Waals surface area contributed by atoms with Crippen LogP contribution in [-0.4, -0.2) is 35.4 Å². The summed E-state index contributed by atoms with van der Waals surface area (Å²) in [5, 5.41) is 1.11. The van der Waals surface area contributed by atoms with Crippen molar-refractivity contribution in [2.75, 3.05) is 13.7 Å². The lowest BCUT2D eigenvalue weighted by Crippen LogP contribution is -2.30. The first-order valence-electron chi connectivity index (χ1n) is 8.62.